The number of nitrogens with one attached hydrogen (secondary N) is 2. The lowest BCUT2D eigenvalue weighted by molar-refractivity contribution is -0.119. The summed E-state index contributed by atoms with van der Waals surface area (Å²) in [6, 6.07) is 8.98. The molecule has 1 aromatic rings. The predicted octanol–water partition coefficient (Wildman–Crippen LogP) is 0.164. The minimum atomic E-state index is -4.30. The van der Waals surface area contributed by atoms with Gasteiger partial charge in [-0.3, -0.25) is 9.36 Å². The molecule has 0 bridgehead atoms. The highest BCUT2D eigenvalue weighted by Gasteiger charge is 2.14. The SMILES string of the molecule is O=C(CNC(=O)OCc1ccccc1)NCP(=O)(O)O. The van der Waals surface area contributed by atoms with Crippen LogP contribution in [0.2, 0.25) is 0 Å². The van der Waals surface area contributed by atoms with E-state index >= 15 is 0 Å². The molecule has 1 aromatic carbocycles. The summed E-state index contributed by atoms with van der Waals surface area (Å²) < 4.78 is 15.3. The molecule has 110 valence electrons. The van der Waals surface area contributed by atoms with Crippen LogP contribution in [-0.2, 0) is 20.7 Å². The maximum Gasteiger partial charge on any atom is 0.407 e. The number of alkyl carbamates (subject to hydrolysis) is 1. The predicted molar refractivity (Wildman–Crippen MR) is 69.7 cm³/mol. The molecule has 0 aromatic heterocycles. The van der Waals surface area contributed by atoms with Gasteiger partial charge in [0.1, 0.15) is 19.4 Å². The van der Waals surface area contributed by atoms with Gasteiger partial charge in [-0.05, 0) is 5.56 Å². The second kappa shape index (κ2) is 7.64. The monoisotopic (exact) mass is 302 g/mol. The molecular formula is C11H15N2O6P. The van der Waals surface area contributed by atoms with E-state index in [1.807, 2.05) is 11.4 Å². The van der Waals surface area contributed by atoms with E-state index in [-0.39, 0.29) is 6.61 Å². The van der Waals surface area contributed by atoms with Crippen LogP contribution in [0.3, 0.4) is 0 Å². The molecule has 0 fully saturated rings. The minimum Gasteiger partial charge on any atom is -0.445 e. The smallest absolute Gasteiger partial charge is 0.407 e. The Morgan fingerprint density at radius 1 is 1.15 bits per heavy atom. The van der Waals surface area contributed by atoms with E-state index < -0.39 is 32.4 Å². The third-order valence-electron chi connectivity index (χ3n) is 2.09. The van der Waals surface area contributed by atoms with Gasteiger partial charge in [0.2, 0.25) is 5.91 Å². The largest absolute Gasteiger partial charge is 0.445 e. The van der Waals surface area contributed by atoms with Gasteiger partial charge in [0, 0.05) is 0 Å². The van der Waals surface area contributed by atoms with Crippen molar-refractivity contribution in [2.75, 3.05) is 12.8 Å². The van der Waals surface area contributed by atoms with Crippen LogP contribution in [0.25, 0.3) is 0 Å². The number of amides is 2. The molecule has 0 aliphatic heterocycles. The van der Waals surface area contributed by atoms with Crippen molar-refractivity contribution in [1.29, 1.82) is 0 Å². The second-order valence-electron chi connectivity index (χ2n) is 3.84. The van der Waals surface area contributed by atoms with Gasteiger partial charge in [0.05, 0.1) is 0 Å². The molecule has 0 atom stereocenters. The lowest BCUT2D eigenvalue weighted by Crippen LogP contribution is -2.37. The summed E-state index contributed by atoms with van der Waals surface area (Å²) in [6.45, 7) is -0.357. The Hall–Kier alpha value is -1.89. The van der Waals surface area contributed by atoms with Crippen LogP contribution in [0.4, 0.5) is 4.79 Å². The van der Waals surface area contributed by atoms with Crippen LogP contribution in [-0.4, -0.2) is 34.6 Å². The Balaban J connectivity index is 2.20. The number of ether oxygens (including phenoxy) is 1. The zero-order chi connectivity index (χ0) is 15.0. The van der Waals surface area contributed by atoms with Gasteiger partial charge >= 0.3 is 13.7 Å². The van der Waals surface area contributed by atoms with Gasteiger partial charge in [0.25, 0.3) is 0 Å². The van der Waals surface area contributed by atoms with Crippen LogP contribution in [0, 0.1) is 0 Å². The van der Waals surface area contributed by atoms with E-state index in [9.17, 15) is 14.2 Å². The number of hydrogen-bond acceptors (Lipinski definition) is 4. The first kappa shape index (κ1) is 16.2. The van der Waals surface area contributed by atoms with Crippen LogP contribution in [0.15, 0.2) is 30.3 Å². The summed E-state index contributed by atoms with van der Waals surface area (Å²) in [5.41, 5.74) is 0.800. The van der Waals surface area contributed by atoms with E-state index in [2.05, 4.69) is 5.32 Å². The van der Waals surface area contributed by atoms with Crippen molar-refractivity contribution in [3.8, 4) is 0 Å². The quantitative estimate of drug-likeness (QED) is 0.555. The first-order chi connectivity index (χ1) is 9.37. The molecule has 0 spiro atoms. The van der Waals surface area contributed by atoms with E-state index in [4.69, 9.17) is 14.5 Å². The maximum atomic E-state index is 11.3. The number of carbonyl (C=O) groups is 2. The number of rotatable bonds is 6. The molecule has 9 heteroatoms. The van der Waals surface area contributed by atoms with Gasteiger partial charge in [-0.15, -0.1) is 0 Å². The molecule has 0 aliphatic carbocycles. The molecule has 2 amide bonds. The van der Waals surface area contributed by atoms with Crippen molar-refractivity contribution in [3.05, 3.63) is 35.9 Å². The molecular weight excluding hydrogens is 287 g/mol. The van der Waals surface area contributed by atoms with Crippen molar-refractivity contribution in [1.82, 2.24) is 10.6 Å². The van der Waals surface area contributed by atoms with E-state index in [1.54, 1.807) is 24.3 Å². The molecule has 0 saturated heterocycles. The van der Waals surface area contributed by atoms with Gasteiger partial charge in [-0.2, -0.15) is 0 Å². The molecule has 20 heavy (non-hydrogen) atoms. The van der Waals surface area contributed by atoms with E-state index in [0.717, 1.165) is 5.56 Å². The fourth-order valence-electron chi connectivity index (χ4n) is 1.18. The third kappa shape index (κ3) is 7.52. The number of hydrogen-bond donors (Lipinski definition) is 4. The Kier molecular flexibility index (Phi) is 6.17. The highest BCUT2D eigenvalue weighted by molar-refractivity contribution is 7.51. The van der Waals surface area contributed by atoms with Crippen LogP contribution in [0.5, 0.6) is 0 Å². The van der Waals surface area contributed by atoms with Crippen molar-refractivity contribution >= 4 is 19.6 Å². The second-order valence-corrected chi connectivity index (χ2v) is 5.48. The third-order valence-corrected chi connectivity index (χ3v) is 2.66. The lowest BCUT2D eigenvalue weighted by Gasteiger charge is -2.08. The summed E-state index contributed by atoms with van der Waals surface area (Å²) in [6.07, 6.45) is -1.56. The fourth-order valence-corrected chi connectivity index (χ4v) is 1.56. The average Bonchev–Trinajstić information content (AvgIpc) is 2.41. The van der Waals surface area contributed by atoms with E-state index in [1.165, 1.54) is 0 Å². The molecule has 8 nitrogen and oxygen atoms in total. The first-order valence-corrected chi connectivity index (χ1v) is 7.42. The molecule has 1 rings (SSSR count). The maximum absolute atomic E-state index is 11.3. The standard InChI is InChI=1S/C11H15N2O6P/c14-10(13-8-20(16,17)18)6-12-11(15)19-7-9-4-2-1-3-5-9/h1-5H,6-8H2,(H,12,15)(H,13,14)(H2,16,17,18). The molecule has 0 aliphatic rings. The van der Waals surface area contributed by atoms with Crippen molar-refractivity contribution in [2.45, 2.75) is 6.61 Å². The number of benzene rings is 1. The normalized spacial score (nSPS) is 10.7. The Labute approximate surface area is 115 Å². The summed E-state index contributed by atoms with van der Waals surface area (Å²) >= 11 is 0. The van der Waals surface area contributed by atoms with Gasteiger partial charge in [-0.1, -0.05) is 30.3 Å². The van der Waals surface area contributed by atoms with Crippen molar-refractivity contribution < 1.29 is 28.7 Å². The first-order valence-electron chi connectivity index (χ1n) is 5.62. The Morgan fingerprint density at radius 3 is 2.40 bits per heavy atom. The summed E-state index contributed by atoms with van der Waals surface area (Å²) in [5.74, 6) is -0.718. The fraction of sp³-hybridized carbons (Fsp3) is 0.273. The Morgan fingerprint density at radius 2 is 1.80 bits per heavy atom. The van der Waals surface area contributed by atoms with Crippen molar-refractivity contribution in [2.24, 2.45) is 0 Å². The molecule has 0 radical (unpaired) electrons. The van der Waals surface area contributed by atoms with Gasteiger partial charge in [0.15, 0.2) is 0 Å². The molecule has 0 unspecified atom stereocenters. The van der Waals surface area contributed by atoms with Crippen molar-refractivity contribution in [3.63, 3.8) is 0 Å². The number of carbonyl (C=O) groups excluding carboxylic acids is 2. The summed E-state index contributed by atoms with van der Waals surface area (Å²) in [4.78, 5) is 39.5. The highest BCUT2D eigenvalue weighted by atomic mass is 31.2. The van der Waals surface area contributed by atoms with Crippen LogP contribution >= 0.6 is 7.60 Å². The summed E-state index contributed by atoms with van der Waals surface area (Å²) in [5, 5.41) is 4.14. The lowest BCUT2D eigenvalue weighted by atomic mass is 10.2. The molecule has 4 N–H and O–H groups in total. The van der Waals surface area contributed by atoms with E-state index in [0.29, 0.717) is 0 Å². The van der Waals surface area contributed by atoms with Crippen LogP contribution in [0.1, 0.15) is 5.56 Å². The van der Waals surface area contributed by atoms with Gasteiger partial charge in [-0.25, -0.2) is 4.79 Å². The zero-order valence-electron chi connectivity index (χ0n) is 10.5. The zero-order valence-corrected chi connectivity index (χ0v) is 11.4. The average molecular weight is 302 g/mol. The minimum absolute atomic E-state index is 0.0662. The Bertz CT molecular complexity index is 501. The topological polar surface area (TPSA) is 125 Å². The molecule has 0 saturated carbocycles. The highest BCUT2D eigenvalue weighted by Crippen LogP contribution is 2.31. The van der Waals surface area contributed by atoms with Crippen LogP contribution < -0.4 is 10.6 Å². The molecule has 0 heterocycles. The van der Waals surface area contributed by atoms with Gasteiger partial charge < -0.3 is 25.2 Å². The summed E-state index contributed by atoms with van der Waals surface area (Å²) in [7, 11) is -4.30.